The van der Waals surface area contributed by atoms with Crippen LogP contribution in [-0.2, 0) is 4.12 Å². The van der Waals surface area contributed by atoms with Crippen LogP contribution >= 0.6 is 0 Å². The van der Waals surface area contributed by atoms with Crippen molar-refractivity contribution in [2.24, 2.45) is 0 Å². The molecule has 0 fully saturated rings. The SMILES string of the molecule is CC([SiH2]O[Si](C)(C)C)=C(c1ccccc1)C(F)(F)C(F)(F)C(F)(F)C(F)(F)C(F)(F)C(F)(F)C(C)F. The number of allylic oxidation sites excluding steroid dienone is 2. The molecule has 0 heterocycles. The van der Waals surface area contributed by atoms with E-state index in [-0.39, 0.29) is 0 Å². The van der Waals surface area contributed by atoms with Gasteiger partial charge in [-0.25, -0.2) is 4.39 Å². The van der Waals surface area contributed by atoms with Crippen molar-refractivity contribution in [2.45, 2.75) is 75.2 Å². The zero-order valence-corrected chi connectivity index (χ0v) is 21.9. The molecule has 0 bridgehead atoms. The molecule has 36 heavy (non-hydrogen) atoms. The Hall–Kier alpha value is -1.56. The van der Waals surface area contributed by atoms with Gasteiger partial charge in [-0.15, -0.1) is 0 Å². The van der Waals surface area contributed by atoms with Crippen molar-refractivity contribution in [3.8, 4) is 0 Å². The molecule has 0 radical (unpaired) electrons. The lowest BCUT2D eigenvalue weighted by Crippen LogP contribution is -2.71. The van der Waals surface area contributed by atoms with Gasteiger partial charge in [-0.05, 0) is 39.1 Å². The molecule has 0 aromatic heterocycles. The van der Waals surface area contributed by atoms with Gasteiger partial charge in [-0.1, -0.05) is 35.5 Å². The van der Waals surface area contributed by atoms with E-state index in [9.17, 15) is 48.3 Å². The zero-order chi connectivity index (χ0) is 28.8. The third-order valence-corrected chi connectivity index (χ3v) is 9.85. The normalized spacial score (nSPS) is 16.9. The van der Waals surface area contributed by atoms with Crippen LogP contribution in [0.4, 0.5) is 57.1 Å². The van der Waals surface area contributed by atoms with E-state index in [0.29, 0.717) is 0 Å². The Labute approximate surface area is 201 Å². The van der Waals surface area contributed by atoms with Gasteiger partial charge < -0.3 is 4.12 Å². The Kier molecular flexibility index (Phi) is 8.99. The molecule has 0 saturated carbocycles. The van der Waals surface area contributed by atoms with Crippen molar-refractivity contribution < 1.29 is 61.2 Å². The van der Waals surface area contributed by atoms with Gasteiger partial charge in [0.25, 0.3) is 0 Å². The summed E-state index contributed by atoms with van der Waals surface area (Å²) in [6.07, 6.45) is -4.23. The third kappa shape index (κ3) is 5.35. The van der Waals surface area contributed by atoms with E-state index in [2.05, 4.69) is 0 Å². The van der Waals surface area contributed by atoms with E-state index >= 15 is 8.78 Å². The highest BCUT2D eigenvalue weighted by Gasteiger charge is 2.91. The van der Waals surface area contributed by atoms with Crippen LogP contribution in [0.25, 0.3) is 5.57 Å². The predicted octanol–water partition coefficient (Wildman–Crippen LogP) is 7.52. The monoisotopic (exact) mass is 582 g/mol. The van der Waals surface area contributed by atoms with E-state index < -0.39 is 83.0 Å². The first-order chi connectivity index (χ1) is 15.8. The summed E-state index contributed by atoms with van der Waals surface area (Å²) in [5.74, 6) is -43.4. The summed E-state index contributed by atoms with van der Waals surface area (Å²) < 4.78 is 189. The highest BCUT2D eigenvalue weighted by atomic mass is 28.4. The second kappa shape index (κ2) is 9.96. The smallest absolute Gasteiger partial charge is 0.385 e. The molecule has 1 aromatic carbocycles. The Morgan fingerprint density at radius 2 is 1.17 bits per heavy atom. The number of halogens is 13. The fraction of sp³-hybridized carbons (Fsp3) is 0.600. The molecule has 1 unspecified atom stereocenters. The lowest BCUT2D eigenvalue weighted by molar-refractivity contribution is -0.423. The minimum atomic E-state index is -7.82. The van der Waals surface area contributed by atoms with Gasteiger partial charge in [0.1, 0.15) is 0 Å². The van der Waals surface area contributed by atoms with E-state index in [1.54, 1.807) is 19.6 Å². The molecule has 1 atom stereocenters. The average Bonchev–Trinajstić information content (AvgIpc) is 2.71. The topological polar surface area (TPSA) is 9.23 Å². The van der Waals surface area contributed by atoms with Crippen LogP contribution < -0.4 is 0 Å². The van der Waals surface area contributed by atoms with Gasteiger partial charge in [-0.3, -0.25) is 0 Å². The molecule has 0 N–H and O–H groups in total. The van der Waals surface area contributed by atoms with Crippen LogP contribution in [0.2, 0.25) is 19.6 Å². The van der Waals surface area contributed by atoms with Gasteiger partial charge >= 0.3 is 35.5 Å². The molecular formula is C20H23F13OSi2. The second-order valence-electron chi connectivity index (χ2n) is 9.03. The number of alkyl halides is 13. The largest absolute Gasteiger partial charge is 0.457 e. The summed E-state index contributed by atoms with van der Waals surface area (Å²) in [5.41, 5.74) is -2.75. The average molecular weight is 583 g/mol. The third-order valence-electron chi connectivity index (χ3n) is 5.02. The van der Waals surface area contributed by atoms with Crippen molar-refractivity contribution >= 4 is 23.7 Å². The summed E-state index contributed by atoms with van der Waals surface area (Å²) >= 11 is 0. The fourth-order valence-electron chi connectivity index (χ4n) is 2.91. The quantitative estimate of drug-likeness (QED) is 0.194. The molecule has 0 aliphatic rings. The predicted molar refractivity (Wildman–Crippen MR) is 112 cm³/mol. The van der Waals surface area contributed by atoms with E-state index in [1.165, 1.54) is 6.07 Å². The van der Waals surface area contributed by atoms with Gasteiger partial charge in [0.15, 0.2) is 24.3 Å². The Bertz CT molecular complexity index is 939. The van der Waals surface area contributed by atoms with Crippen LogP contribution in [0.3, 0.4) is 0 Å². The first-order valence-electron chi connectivity index (χ1n) is 10.1. The number of hydrogen-bond donors (Lipinski definition) is 0. The highest BCUT2D eigenvalue weighted by molar-refractivity contribution is 6.74. The van der Waals surface area contributed by atoms with Crippen LogP contribution in [0, 0.1) is 0 Å². The van der Waals surface area contributed by atoms with Crippen molar-refractivity contribution in [1.29, 1.82) is 0 Å². The molecule has 0 aliphatic carbocycles. The summed E-state index contributed by atoms with van der Waals surface area (Å²) in [4.78, 5) is 0. The molecule has 1 nitrogen and oxygen atoms in total. The van der Waals surface area contributed by atoms with Crippen molar-refractivity contribution in [2.75, 3.05) is 0 Å². The molecule has 0 aliphatic heterocycles. The standard InChI is InChI=1S/C20H23F13OSi2/c1-11(35-34-36(3,4)5)14(13-9-7-6-8-10-13)16(24,25)18(28,29)20(32,33)19(30,31)17(26,27)15(22,23)12(2)21/h6-10,12H,35H2,1-5H3. The molecule has 208 valence electrons. The van der Waals surface area contributed by atoms with Gasteiger partial charge in [-0.2, -0.15) is 52.7 Å². The molecule has 16 heteroatoms. The molecule has 0 saturated heterocycles. The molecule has 1 rings (SSSR count). The molecule has 1 aromatic rings. The molecule has 0 spiro atoms. The minimum absolute atomic E-state index is 0.419. The van der Waals surface area contributed by atoms with Crippen LogP contribution in [0.1, 0.15) is 19.4 Å². The lowest BCUT2D eigenvalue weighted by atomic mass is 9.86. The Morgan fingerprint density at radius 1 is 0.750 bits per heavy atom. The van der Waals surface area contributed by atoms with Crippen molar-refractivity contribution in [3.05, 3.63) is 41.1 Å². The van der Waals surface area contributed by atoms with Gasteiger partial charge in [0, 0.05) is 5.57 Å². The van der Waals surface area contributed by atoms with Crippen LogP contribution in [-0.4, -0.2) is 59.8 Å². The van der Waals surface area contributed by atoms with E-state index in [1.807, 2.05) is 0 Å². The van der Waals surface area contributed by atoms with Crippen LogP contribution in [0.15, 0.2) is 35.5 Å². The molecular weight excluding hydrogens is 559 g/mol. The summed E-state index contributed by atoms with van der Waals surface area (Å²) in [5, 5.41) is -0.707. The van der Waals surface area contributed by atoms with Crippen molar-refractivity contribution in [1.82, 2.24) is 0 Å². The molecule has 0 amide bonds. The Morgan fingerprint density at radius 3 is 1.56 bits per heavy atom. The Balaban J connectivity index is 3.84. The number of benzene rings is 1. The second-order valence-corrected chi connectivity index (χ2v) is 15.8. The summed E-state index contributed by atoms with van der Waals surface area (Å²) in [6.45, 7) is 5.10. The summed E-state index contributed by atoms with van der Waals surface area (Å²) in [6, 6.07) is 4.74. The summed E-state index contributed by atoms with van der Waals surface area (Å²) in [7, 11) is -4.84. The fourth-order valence-corrected chi connectivity index (χ4v) is 6.07. The highest BCUT2D eigenvalue weighted by Crippen LogP contribution is 2.62. The number of rotatable bonds is 11. The van der Waals surface area contributed by atoms with E-state index in [4.69, 9.17) is 4.12 Å². The lowest BCUT2D eigenvalue weighted by Gasteiger charge is -2.42. The number of hydrogen-bond acceptors (Lipinski definition) is 1. The van der Waals surface area contributed by atoms with E-state index in [0.717, 1.165) is 31.2 Å². The first-order valence-corrected chi connectivity index (χ1v) is 14.8. The van der Waals surface area contributed by atoms with Crippen molar-refractivity contribution in [3.63, 3.8) is 0 Å². The zero-order valence-electron chi connectivity index (χ0n) is 19.5. The minimum Gasteiger partial charge on any atom is -0.457 e. The maximum absolute atomic E-state index is 15.1. The van der Waals surface area contributed by atoms with Crippen LogP contribution in [0.5, 0.6) is 0 Å². The van der Waals surface area contributed by atoms with Gasteiger partial charge in [0.2, 0.25) is 0 Å². The maximum Gasteiger partial charge on any atom is 0.385 e. The van der Waals surface area contributed by atoms with Gasteiger partial charge in [0.05, 0.1) is 0 Å². The first kappa shape index (κ1) is 32.5. The maximum atomic E-state index is 15.1.